The van der Waals surface area contributed by atoms with Crippen LogP contribution in [-0.2, 0) is 29.1 Å². The molecule has 1 N–H and O–H groups in total. The summed E-state index contributed by atoms with van der Waals surface area (Å²) in [6.45, 7) is 5.74. The number of hydrogen-bond acceptors (Lipinski definition) is 7. The minimum absolute atomic E-state index is 0.163. The zero-order valence-electron chi connectivity index (χ0n) is 16.1. The average molecular weight is 408 g/mol. The van der Waals surface area contributed by atoms with Gasteiger partial charge >= 0.3 is 11.9 Å². The molecule has 0 bridgehead atoms. The number of carbonyl (C=O) groups excluding carboxylic acids is 2. The van der Waals surface area contributed by atoms with E-state index in [2.05, 4.69) is 5.32 Å². The number of carbonyl (C=O) groups is 2. The topological polar surface area (TPSA) is 102 Å². The van der Waals surface area contributed by atoms with Gasteiger partial charge in [-0.3, -0.25) is 0 Å². The van der Waals surface area contributed by atoms with E-state index in [1.165, 1.54) is 30.4 Å². The lowest BCUT2D eigenvalue weighted by atomic mass is 10.2. The maximum atomic E-state index is 12.9. The van der Waals surface area contributed by atoms with Crippen LogP contribution < -0.4 is 5.32 Å². The van der Waals surface area contributed by atoms with Crippen molar-refractivity contribution in [2.75, 3.05) is 18.4 Å². The van der Waals surface area contributed by atoms with Crippen LogP contribution in [0.25, 0.3) is 0 Å². The van der Waals surface area contributed by atoms with Crippen LogP contribution in [0.3, 0.4) is 0 Å². The fourth-order valence-electron chi connectivity index (χ4n) is 3.10. The van der Waals surface area contributed by atoms with Crippen molar-refractivity contribution >= 4 is 27.6 Å². The minimum Gasteiger partial charge on any atom is -0.419 e. The third kappa shape index (κ3) is 4.20. The lowest BCUT2D eigenvalue weighted by Gasteiger charge is -2.29. The van der Waals surface area contributed by atoms with Crippen molar-refractivity contribution in [1.82, 2.24) is 4.31 Å². The first-order chi connectivity index (χ1) is 13.1. The van der Waals surface area contributed by atoms with Crippen molar-refractivity contribution in [2.24, 2.45) is 0 Å². The summed E-state index contributed by atoms with van der Waals surface area (Å²) in [4.78, 5) is 24.2. The third-order valence-electron chi connectivity index (χ3n) is 4.65. The maximum absolute atomic E-state index is 12.9. The Hall–Kier alpha value is -2.39. The number of anilines is 1. The van der Waals surface area contributed by atoms with Gasteiger partial charge in [-0.2, -0.15) is 4.31 Å². The van der Waals surface area contributed by atoms with Gasteiger partial charge in [0.1, 0.15) is 0 Å². The molecule has 9 heteroatoms. The van der Waals surface area contributed by atoms with Crippen LogP contribution in [0.15, 0.2) is 34.9 Å². The van der Waals surface area contributed by atoms with Crippen LogP contribution in [0.1, 0.15) is 38.7 Å². The van der Waals surface area contributed by atoms with Gasteiger partial charge in [-0.1, -0.05) is 12.5 Å². The largest absolute Gasteiger partial charge is 0.419 e. The number of ether oxygens (including phenoxy) is 2. The molecule has 2 aliphatic heterocycles. The zero-order valence-corrected chi connectivity index (χ0v) is 17.0. The number of esters is 2. The summed E-state index contributed by atoms with van der Waals surface area (Å²) in [7, 11) is -3.59. The number of piperidine rings is 1. The smallest absolute Gasteiger partial charge is 0.350 e. The van der Waals surface area contributed by atoms with Gasteiger partial charge in [0.25, 0.3) is 5.79 Å². The van der Waals surface area contributed by atoms with Gasteiger partial charge in [-0.15, -0.1) is 0 Å². The van der Waals surface area contributed by atoms with E-state index < -0.39 is 27.7 Å². The fraction of sp³-hybridized carbons (Fsp3) is 0.474. The molecule has 0 amide bonds. The monoisotopic (exact) mass is 408 g/mol. The Morgan fingerprint density at radius 3 is 2.29 bits per heavy atom. The second-order valence-electron chi connectivity index (χ2n) is 7.32. The van der Waals surface area contributed by atoms with Crippen LogP contribution >= 0.6 is 0 Å². The third-order valence-corrected chi connectivity index (χ3v) is 6.55. The highest BCUT2D eigenvalue weighted by Gasteiger charge is 2.39. The van der Waals surface area contributed by atoms with Crippen molar-refractivity contribution in [3.05, 3.63) is 35.5 Å². The lowest BCUT2D eigenvalue weighted by Crippen LogP contribution is -2.42. The molecule has 2 heterocycles. The summed E-state index contributed by atoms with van der Waals surface area (Å²) < 4.78 is 37.3. The lowest BCUT2D eigenvalue weighted by molar-refractivity contribution is -0.222. The number of benzene rings is 1. The summed E-state index contributed by atoms with van der Waals surface area (Å²) in [5.41, 5.74) is 0.936. The van der Waals surface area contributed by atoms with Crippen molar-refractivity contribution in [2.45, 2.75) is 50.7 Å². The molecule has 152 valence electrons. The second-order valence-corrected chi connectivity index (χ2v) is 9.26. The first-order valence-corrected chi connectivity index (χ1v) is 10.6. The Bertz CT molecular complexity index is 908. The molecule has 2 aliphatic rings. The van der Waals surface area contributed by atoms with Gasteiger partial charge in [0.05, 0.1) is 4.90 Å². The molecule has 2 saturated heterocycles. The van der Waals surface area contributed by atoms with Gasteiger partial charge in [-0.05, 0) is 37.5 Å². The van der Waals surface area contributed by atoms with Crippen LogP contribution in [0.4, 0.5) is 5.69 Å². The molecule has 28 heavy (non-hydrogen) atoms. The Kier molecular flexibility index (Phi) is 5.49. The normalized spacial score (nSPS) is 20.3. The number of nitrogens with one attached hydrogen (secondary N) is 1. The van der Waals surface area contributed by atoms with Gasteiger partial charge in [-0.25, -0.2) is 18.0 Å². The van der Waals surface area contributed by atoms with E-state index in [-0.39, 0.29) is 10.5 Å². The van der Waals surface area contributed by atoms with Gasteiger partial charge < -0.3 is 14.8 Å². The number of nitrogens with zero attached hydrogens (tertiary/aromatic N) is 1. The molecule has 8 nitrogen and oxygen atoms in total. The van der Waals surface area contributed by atoms with Crippen molar-refractivity contribution in [3.63, 3.8) is 0 Å². The molecule has 0 radical (unpaired) electrons. The first-order valence-electron chi connectivity index (χ1n) is 9.14. The molecule has 0 atom stereocenters. The highest BCUT2D eigenvalue weighted by atomic mass is 32.2. The van der Waals surface area contributed by atoms with E-state index in [1.54, 1.807) is 19.1 Å². The zero-order chi connectivity index (χ0) is 20.5. The van der Waals surface area contributed by atoms with E-state index in [9.17, 15) is 18.0 Å². The minimum atomic E-state index is -3.59. The van der Waals surface area contributed by atoms with Gasteiger partial charge in [0.15, 0.2) is 5.57 Å². The molecule has 0 aliphatic carbocycles. The van der Waals surface area contributed by atoms with Crippen LogP contribution in [0.5, 0.6) is 0 Å². The molecular weight excluding hydrogens is 384 g/mol. The molecule has 1 aromatic carbocycles. The SMILES string of the molecule is Cc1ccc(S(=O)(=O)N2CCCCC2)cc1NC=C1C(=O)OC(C)(C)OC1=O. The average Bonchev–Trinajstić information content (AvgIpc) is 2.62. The maximum Gasteiger partial charge on any atom is 0.350 e. The van der Waals surface area contributed by atoms with Crippen molar-refractivity contribution in [3.8, 4) is 0 Å². The Morgan fingerprint density at radius 2 is 1.68 bits per heavy atom. The predicted octanol–water partition coefficient (Wildman–Crippen LogP) is 2.30. The molecule has 1 aromatic rings. The van der Waals surface area contributed by atoms with Crippen molar-refractivity contribution in [1.29, 1.82) is 0 Å². The van der Waals surface area contributed by atoms with Gasteiger partial charge in [0, 0.05) is 38.8 Å². The molecular formula is C19H24N2O6S. The Morgan fingerprint density at radius 1 is 1.07 bits per heavy atom. The van der Waals surface area contributed by atoms with E-state index in [4.69, 9.17) is 9.47 Å². The van der Waals surface area contributed by atoms with Crippen LogP contribution in [0, 0.1) is 6.92 Å². The quantitative estimate of drug-likeness (QED) is 0.463. The molecule has 3 rings (SSSR count). The predicted molar refractivity (Wildman–Crippen MR) is 102 cm³/mol. The summed E-state index contributed by atoms with van der Waals surface area (Å²) in [5.74, 6) is -2.92. The molecule has 2 fully saturated rings. The summed E-state index contributed by atoms with van der Waals surface area (Å²) in [6, 6.07) is 4.74. The number of rotatable bonds is 4. The van der Waals surface area contributed by atoms with E-state index in [1.807, 2.05) is 0 Å². The summed E-state index contributed by atoms with van der Waals surface area (Å²) >= 11 is 0. The first kappa shape index (κ1) is 20.3. The van der Waals surface area contributed by atoms with Crippen LogP contribution in [0.2, 0.25) is 0 Å². The number of cyclic esters (lactones) is 2. The molecule has 0 unspecified atom stereocenters. The van der Waals surface area contributed by atoms with Crippen molar-refractivity contribution < 1.29 is 27.5 Å². The van der Waals surface area contributed by atoms with E-state index >= 15 is 0 Å². The summed E-state index contributed by atoms with van der Waals surface area (Å²) in [5, 5.41) is 2.84. The highest BCUT2D eigenvalue weighted by molar-refractivity contribution is 7.89. The summed E-state index contributed by atoms with van der Waals surface area (Å²) in [6.07, 6.45) is 3.91. The Labute approximate surface area is 164 Å². The van der Waals surface area contributed by atoms with E-state index in [0.717, 1.165) is 24.8 Å². The van der Waals surface area contributed by atoms with Crippen LogP contribution in [-0.4, -0.2) is 43.5 Å². The standard InChI is InChI=1S/C19H24N2O6S/c1-13-7-8-14(28(24,25)21-9-5-4-6-10-21)11-16(13)20-12-15-17(22)26-19(2,3)27-18(15)23/h7-8,11-12,20H,4-6,9-10H2,1-3H3. The van der Waals surface area contributed by atoms with Gasteiger partial charge in [0.2, 0.25) is 10.0 Å². The fourth-order valence-corrected chi connectivity index (χ4v) is 4.64. The molecule has 0 saturated carbocycles. The molecule has 0 aromatic heterocycles. The number of sulfonamides is 1. The highest BCUT2D eigenvalue weighted by Crippen LogP contribution is 2.26. The number of aryl methyl sites for hydroxylation is 1. The molecule has 0 spiro atoms. The Balaban J connectivity index is 1.84. The number of hydrogen-bond donors (Lipinski definition) is 1. The second kappa shape index (κ2) is 7.56. The van der Waals surface area contributed by atoms with E-state index in [0.29, 0.717) is 18.8 Å².